The van der Waals surface area contributed by atoms with Crippen molar-refractivity contribution in [3.63, 3.8) is 0 Å². The molecule has 0 aliphatic carbocycles. The molecule has 9 heteroatoms. The molecule has 0 spiro atoms. The lowest BCUT2D eigenvalue weighted by atomic mass is 9.79. The highest BCUT2D eigenvalue weighted by atomic mass is 16.5. The molecule has 38 heavy (non-hydrogen) atoms. The molecule has 200 valence electrons. The van der Waals surface area contributed by atoms with Gasteiger partial charge in [-0.15, -0.1) is 0 Å². The standard InChI is InChI=1S/C29H32N2O7/c1-5-36-28(33)23-17(4)31-21(15-35-14-13-30)25(29(34)37-16(2)3)24(23)19-10-8-11-20-26(32)18-9-6-7-12-22(18)38-27(19)20/h6-12,16,24,31H,5,13-15,30H2,1-4H3. The van der Waals surface area contributed by atoms with E-state index in [9.17, 15) is 14.4 Å². The summed E-state index contributed by atoms with van der Waals surface area (Å²) in [5.41, 5.74) is 7.83. The molecule has 2 heterocycles. The van der Waals surface area contributed by atoms with Crippen molar-refractivity contribution in [3.05, 3.63) is 80.8 Å². The van der Waals surface area contributed by atoms with Gasteiger partial charge in [-0.25, -0.2) is 9.59 Å². The number of hydrogen-bond donors (Lipinski definition) is 2. The minimum atomic E-state index is -0.953. The maximum Gasteiger partial charge on any atom is 0.337 e. The van der Waals surface area contributed by atoms with Gasteiger partial charge < -0.3 is 29.7 Å². The molecule has 3 aromatic rings. The van der Waals surface area contributed by atoms with E-state index in [1.165, 1.54) is 0 Å². The van der Waals surface area contributed by atoms with Gasteiger partial charge in [0.1, 0.15) is 11.2 Å². The van der Waals surface area contributed by atoms with Crippen LogP contribution in [0.5, 0.6) is 0 Å². The topological polar surface area (TPSA) is 130 Å². The Morgan fingerprint density at radius 3 is 2.50 bits per heavy atom. The van der Waals surface area contributed by atoms with E-state index < -0.39 is 24.0 Å². The predicted octanol–water partition coefficient (Wildman–Crippen LogP) is 3.65. The van der Waals surface area contributed by atoms with Crippen LogP contribution in [0.15, 0.2) is 74.2 Å². The third-order valence-electron chi connectivity index (χ3n) is 6.16. The minimum absolute atomic E-state index is 0.0291. The molecular formula is C29H32N2O7. The average Bonchev–Trinajstić information content (AvgIpc) is 2.88. The highest BCUT2D eigenvalue weighted by molar-refractivity contribution is 6.02. The van der Waals surface area contributed by atoms with E-state index in [1.54, 1.807) is 70.2 Å². The zero-order chi connectivity index (χ0) is 27.4. The Balaban J connectivity index is 2.04. The first-order chi connectivity index (χ1) is 18.3. The third kappa shape index (κ3) is 5.20. The summed E-state index contributed by atoms with van der Waals surface area (Å²) >= 11 is 0. The molecule has 0 saturated heterocycles. The molecular weight excluding hydrogens is 488 g/mol. The van der Waals surface area contributed by atoms with E-state index in [0.717, 1.165) is 0 Å². The Morgan fingerprint density at radius 2 is 1.79 bits per heavy atom. The van der Waals surface area contributed by atoms with Gasteiger partial charge >= 0.3 is 11.9 Å². The SMILES string of the molecule is CCOC(=O)C1=C(C)NC(COCCN)=C(C(=O)OC(C)C)C1c1cccc2c(=O)c3ccccc3oc12. The summed E-state index contributed by atoms with van der Waals surface area (Å²) in [7, 11) is 0. The van der Waals surface area contributed by atoms with Gasteiger partial charge in [-0.2, -0.15) is 0 Å². The van der Waals surface area contributed by atoms with Crippen molar-refractivity contribution < 1.29 is 28.2 Å². The normalized spacial score (nSPS) is 15.8. The molecule has 0 saturated carbocycles. The lowest BCUT2D eigenvalue weighted by molar-refractivity contribution is -0.143. The van der Waals surface area contributed by atoms with Crippen LogP contribution in [0, 0.1) is 0 Å². The first kappa shape index (κ1) is 27.1. The quantitative estimate of drug-likeness (QED) is 0.247. The number of esters is 2. The van der Waals surface area contributed by atoms with Gasteiger partial charge in [-0.05, 0) is 45.9 Å². The number of benzene rings is 2. The number of carbonyl (C=O) groups excluding carboxylic acids is 2. The molecule has 1 unspecified atom stereocenters. The van der Waals surface area contributed by atoms with Gasteiger partial charge in [0.2, 0.25) is 5.43 Å². The van der Waals surface area contributed by atoms with Crippen LogP contribution < -0.4 is 16.5 Å². The van der Waals surface area contributed by atoms with Gasteiger partial charge in [0, 0.05) is 17.8 Å². The lowest BCUT2D eigenvalue weighted by Gasteiger charge is -2.32. The molecule has 1 aromatic heterocycles. The van der Waals surface area contributed by atoms with E-state index in [0.29, 0.717) is 39.9 Å². The van der Waals surface area contributed by atoms with Crippen molar-refractivity contribution in [3.8, 4) is 0 Å². The van der Waals surface area contributed by atoms with Gasteiger partial charge in [0.25, 0.3) is 0 Å². The van der Waals surface area contributed by atoms with Crippen LogP contribution in [-0.2, 0) is 23.8 Å². The number of dihydropyridines is 1. The molecule has 0 bridgehead atoms. The Morgan fingerprint density at radius 1 is 1.05 bits per heavy atom. The largest absolute Gasteiger partial charge is 0.463 e. The fourth-order valence-corrected chi connectivity index (χ4v) is 4.65. The monoisotopic (exact) mass is 520 g/mol. The second-order valence-corrected chi connectivity index (χ2v) is 9.16. The summed E-state index contributed by atoms with van der Waals surface area (Å²) in [6.07, 6.45) is -0.422. The fourth-order valence-electron chi connectivity index (χ4n) is 4.65. The van der Waals surface area contributed by atoms with Crippen LogP contribution in [0.25, 0.3) is 21.9 Å². The molecule has 4 rings (SSSR count). The molecule has 3 N–H and O–H groups in total. The maximum atomic E-state index is 13.6. The minimum Gasteiger partial charge on any atom is -0.463 e. The van der Waals surface area contributed by atoms with Crippen molar-refractivity contribution in [2.75, 3.05) is 26.4 Å². The number of hydrogen-bond acceptors (Lipinski definition) is 9. The summed E-state index contributed by atoms with van der Waals surface area (Å²) in [5, 5.41) is 3.92. The number of para-hydroxylation sites is 2. The van der Waals surface area contributed by atoms with E-state index in [1.807, 2.05) is 0 Å². The molecule has 9 nitrogen and oxygen atoms in total. The smallest absolute Gasteiger partial charge is 0.337 e. The van der Waals surface area contributed by atoms with Gasteiger partial charge in [0.05, 0.1) is 59.5 Å². The van der Waals surface area contributed by atoms with Crippen LogP contribution in [0.2, 0.25) is 0 Å². The molecule has 2 aromatic carbocycles. The Hall–Kier alpha value is -3.95. The van der Waals surface area contributed by atoms with Crippen LogP contribution in [-0.4, -0.2) is 44.4 Å². The van der Waals surface area contributed by atoms with Crippen LogP contribution in [0.4, 0.5) is 0 Å². The van der Waals surface area contributed by atoms with Crippen molar-refractivity contribution in [2.24, 2.45) is 5.73 Å². The van der Waals surface area contributed by atoms with Gasteiger partial charge in [-0.1, -0.05) is 24.3 Å². The Kier molecular flexibility index (Phi) is 8.29. The van der Waals surface area contributed by atoms with E-state index in [-0.39, 0.29) is 42.0 Å². The second kappa shape index (κ2) is 11.6. The summed E-state index contributed by atoms with van der Waals surface area (Å²) in [4.78, 5) is 40.3. The Labute approximate surface area is 220 Å². The maximum absolute atomic E-state index is 13.6. The summed E-state index contributed by atoms with van der Waals surface area (Å²) < 4.78 is 23.0. The molecule has 1 aliphatic rings. The highest BCUT2D eigenvalue weighted by Gasteiger charge is 2.40. The van der Waals surface area contributed by atoms with Gasteiger partial charge in [0.15, 0.2) is 0 Å². The third-order valence-corrected chi connectivity index (χ3v) is 6.16. The van der Waals surface area contributed by atoms with Crippen LogP contribution in [0.3, 0.4) is 0 Å². The zero-order valence-electron chi connectivity index (χ0n) is 22.0. The zero-order valence-corrected chi connectivity index (χ0v) is 22.0. The second-order valence-electron chi connectivity index (χ2n) is 9.16. The summed E-state index contributed by atoms with van der Waals surface area (Å²) in [6.45, 7) is 7.65. The van der Waals surface area contributed by atoms with Gasteiger partial charge in [-0.3, -0.25) is 4.79 Å². The summed E-state index contributed by atoms with van der Waals surface area (Å²) in [5.74, 6) is -2.18. The molecule has 0 amide bonds. The number of rotatable bonds is 9. The van der Waals surface area contributed by atoms with E-state index in [4.69, 9.17) is 24.4 Å². The number of fused-ring (bicyclic) bond motifs is 2. The Bertz CT molecular complexity index is 1500. The highest BCUT2D eigenvalue weighted by Crippen LogP contribution is 2.42. The number of nitrogens with one attached hydrogen (secondary N) is 1. The van der Waals surface area contributed by atoms with Crippen molar-refractivity contribution in [1.82, 2.24) is 5.32 Å². The molecule has 0 fully saturated rings. The van der Waals surface area contributed by atoms with Crippen LogP contribution >= 0.6 is 0 Å². The van der Waals surface area contributed by atoms with E-state index >= 15 is 0 Å². The van der Waals surface area contributed by atoms with E-state index in [2.05, 4.69) is 5.32 Å². The average molecular weight is 521 g/mol. The molecule has 0 radical (unpaired) electrons. The fraction of sp³-hybridized carbons (Fsp3) is 0.345. The summed E-state index contributed by atoms with van der Waals surface area (Å²) in [6, 6.07) is 12.1. The number of carbonyl (C=O) groups is 2. The first-order valence-corrected chi connectivity index (χ1v) is 12.6. The predicted molar refractivity (Wildman–Crippen MR) is 143 cm³/mol. The molecule has 1 atom stereocenters. The van der Waals surface area contributed by atoms with Crippen molar-refractivity contribution >= 4 is 33.9 Å². The van der Waals surface area contributed by atoms with Crippen LogP contribution in [0.1, 0.15) is 39.2 Å². The van der Waals surface area contributed by atoms with Crippen molar-refractivity contribution in [1.29, 1.82) is 0 Å². The van der Waals surface area contributed by atoms with Crippen molar-refractivity contribution in [2.45, 2.75) is 39.7 Å². The molecule has 1 aliphatic heterocycles. The number of allylic oxidation sites excluding steroid dienone is 1. The first-order valence-electron chi connectivity index (χ1n) is 12.6. The number of nitrogens with two attached hydrogens (primary N) is 1. The lowest BCUT2D eigenvalue weighted by Crippen LogP contribution is -2.35. The number of ether oxygens (including phenoxy) is 3.